The number of phenols is 3. The fraction of sp³-hybridized carbons (Fsp3) is 0.286. The number of aromatic hydroxyl groups is 3. The Hall–Kier alpha value is -3.40. The summed E-state index contributed by atoms with van der Waals surface area (Å²) < 4.78 is 53.0. The highest BCUT2D eigenvalue weighted by Gasteiger charge is 2.47. The van der Waals surface area contributed by atoms with E-state index in [1.165, 1.54) is 31.2 Å². The van der Waals surface area contributed by atoms with Gasteiger partial charge in [0.2, 0.25) is 17.5 Å². The van der Waals surface area contributed by atoms with Gasteiger partial charge in [0.15, 0.2) is 11.9 Å². The summed E-state index contributed by atoms with van der Waals surface area (Å²) >= 11 is 0. The Morgan fingerprint density at radius 3 is 2.26 bits per heavy atom. The molecule has 0 unspecified atom stereocenters. The van der Waals surface area contributed by atoms with Crippen molar-refractivity contribution in [1.82, 2.24) is 0 Å². The van der Waals surface area contributed by atoms with Crippen LogP contribution in [0.15, 0.2) is 45.6 Å². The Labute approximate surface area is 196 Å². The predicted octanol–water partition coefficient (Wildman–Crippen LogP) is 0.610. The van der Waals surface area contributed by atoms with Crippen molar-refractivity contribution in [3.8, 4) is 34.3 Å². The van der Waals surface area contributed by atoms with E-state index in [2.05, 4.69) is 4.18 Å². The molecule has 1 aromatic heterocycles. The van der Waals surface area contributed by atoms with Crippen molar-refractivity contribution in [3.63, 3.8) is 0 Å². The van der Waals surface area contributed by atoms with E-state index < -0.39 is 69.2 Å². The zero-order valence-electron chi connectivity index (χ0n) is 17.8. The molecule has 13 nitrogen and oxygen atoms in total. The maximum Gasteiger partial charge on any atom is 0.397 e. The van der Waals surface area contributed by atoms with Crippen LogP contribution in [-0.2, 0) is 19.3 Å². The van der Waals surface area contributed by atoms with Crippen molar-refractivity contribution in [2.45, 2.75) is 37.6 Å². The monoisotopic (exact) mass is 512 g/mol. The van der Waals surface area contributed by atoms with Crippen LogP contribution < -0.4 is 10.2 Å². The average molecular weight is 512 g/mol. The molecule has 1 fully saturated rings. The van der Waals surface area contributed by atoms with Gasteiger partial charge >= 0.3 is 10.4 Å². The van der Waals surface area contributed by atoms with Crippen LogP contribution in [0.5, 0.6) is 23.0 Å². The lowest BCUT2D eigenvalue weighted by Gasteiger charge is -2.40. The molecule has 0 radical (unpaired) electrons. The van der Waals surface area contributed by atoms with Gasteiger partial charge in [0, 0.05) is 17.7 Å². The summed E-state index contributed by atoms with van der Waals surface area (Å²) in [6.45, 7) is 1.33. The smallest absolute Gasteiger partial charge is 0.397 e. The standard InChI is InChI=1S/C21H20O13S/c1-8-15(25)17(27)20(34-35(28,29)30)21(31-8)33-19-16(26)14-12(24)6-11(23)7-13(14)32-18(19)9-2-4-10(22)5-3-9/h2-8,15,17,20-25,27H,1H3,(H,28,29,30)/t8-,15+,17-,20-,21-/m0/s1. The van der Waals surface area contributed by atoms with Crippen LogP contribution in [-0.4, -0.2) is 69.2 Å². The number of hydrogen-bond donors (Lipinski definition) is 6. The lowest BCUT2D eigenvalue weighted by Crippen LogP contribution is -2.59. The Morgan fingerprint density at radius 2 is 1.63 bits per heavy atom. The number of hydrogen-bond acceptors (Lipinski definition) is 12. The summed E-state index contributed by atoms with van der Waals surface area (Å²) in [4.78, 5) is 13.4. The Balaban J connectivity index is 1.91. The molecule has 0 bridgehead atoms. The lowest BCUT2D eigenvalue weighted by molar-refractivity contribution is -0.262. The summed E-state index contributed by atoms with van der Waals surface area (Å²) in [5, 5.41) is 49.6. The molecule has 5 atom stereocenters. The van der Waals surface area contributed by atoms with Crippen LogP contribution in [0.2, 0.25) is 0 Å². The first-order valence-corrected chi connectivity index (χ1v) is 11.4. The van der Waals surface area contributed by atoms with E-state index in [4.69, 9.17) is 18.4 Å². The molecule has 1 aliphatic rings. The van der Waals surface area contributed by atoms with Gasteiger partial charge < -0.3 is 39.4 Å². The maximum absolute atomic E-state index is 13.4. The zero-order valence-corrected chi connectivity index (χ0v) is 18.6. The fourth-order valence-corrected chi connectivity index (χ4v) is 4.12. The average Bonchev–Trinajstić information content (AvgIpc) is 2.76. The normalized spacial score (nSPS) is 25.0. The quantitative estimate of drug-likeness (QED) is 0.259. The third-order valence-corrected chi connectivity index (χ3v) is 5.76. The van der Waals surface area contributed by atoms with E-state index in [0.717, 1.165) is 12.1 Å². The zero-order chi connectivity index (χ0) is 25.7. The number of phenolic OH excluding ortho intramolecular Hbond substituents is 3. The maximum atomic E-state index is 13.4. The highest BCUT2D eigenvalue weighted by molar-refractivity contribution is 7.80. The van der Waals surface area contributed by atoms with Gasteiger partial charge in [0.1, 0.15) is 40.4 Å². The molecule has 2 heterocycles. The molecule has 0 spiro atoms. The molecule has 3 aromatic rings. The molecule has 188 valence electrons. The molecule has 4 rings (SSSR count). The Morgan fingerprint density at radius 1 is 0.971 bits per heavy atom. The van der Waals surface area contributed by atoms with E-state index in [1.54, 1.807) is 0 Å². The number of aliphatic hydroxyl groups excluding tert-OH is 2. The molecule has 0 saturated carbocycles. The fourth-order valence-electron chi connectivity index (χ4n) is 3.63. The molecule has 0 amide bonds. The SMILES string of the molecule is C[C@@H]1O[C@@H](Oc2c(-c3ccc(O)cc3)oc3cc(O)cc(O)c3c2=O)[C@@H](OS(=O)(=O)O)[C@@H](O)[C@@H]1O. The lowest BCUT2D eigenvalue weighted by atomic mass is 10.00. The summed E-state index contributed by atoms with van der Waals surface area (Å²) in [5.41, 5.74) is -1.03. The van der Waals surface area contributed by atoms with Gasteiger partial charge in [0.05, 0.1) is 6.10 Å². The van der Waals surface area contributed by atoms with Gasteiger partial charge in [0.25, 0.3) is 0 Å². The van der Waals surface area contributed by atoms with Crippen LogP contribution in [0.4, 0.5) is 0 Å². The second-order valence-electron chi connectivity index (χ2n) is 7.77. The van der Waals surface area contributed by atoms with Crippen molar-refractivity contribution in [1.29, 1.82) is 0 Å². The number of benzene rings is 2. The molecular formula is C21H20O13S. The predicted molar refractivity (Wildman–Crippen MR) is 116 cm³/mol. The van der Waals surface area contributed by atoms with Crippen molar-refractivity contribution >= 4 is 21.4 Å². The van der Waals surface area contributed by atoms with Crippen LogP contribution >= 0.6 is 0 Å². The minimum absolute atomic E-state index is 0.113. The highest BCUT2D eigenvalue weighted by Crippen LogP contribution is 2.37. The van der Waals surface area contributed by atoms with E-state index in [0.29, 0.717) is 0 Å². The molecule has 0 aliphatic carbocycles. The summed E-state index contributed by atoms with van der Waals surface area (Å²) in [7, 11) is -5.17. The van der Waals surface area contributed by atoms with Crippen molar-refractivity contribution in [3.05, 3.63) is 46.6 Å². The van der Waals surface area contributed by atoms with Crippen LogP contribution in [0.25, 0.3) is 22.3 Å². The third kappa shape index (κ3) is 4.88. The van der Waals surface area contributed by atoms with Gasteiger partial charge in [-0.15, -0.1) is 0 Å². The first-order valence-electron chi connectivity index (χ1n) is 10.0. The van der Waals surface area contributed by atoms with E-state index in [1.807, 2.05) is 0 Å². The van der Waals surface area contributed by atoms with Gasteiger partial charge in [-0.3, -0.25) is 9.35 Å². The van der Waals surface area contributed by atoms with Crippen LogP contribution in [0, 0.1) is 0 Å². The molecule has 6 N–H and O–H groups in total. The highest BCUT2D eigenvalue weighted by atomic mass is 32.3. The van der Waals surface area contributed by atoms with Gasteiger partial charge in [-0.25, -0.2) is 4.18 Å². The Kier molecular flexibility index (Phi) is 6.35. The summed E-state index contributed by atoms with van der Waals surface area (Å²) in [6.07, 6.45) is -8.60. The van der Waals surface area contributed by atoms with E-state index in [-0.39, 0.29) is 22.7 Å². The molecule has 14 heteroatoms. The molecule has 1 aliphatic heterocycles. The van der Waals surface area contributed by atoms with Crippen molar-refractivity contribution in [2.75, 3.05) is 0 Å². The topological polar surface area (TPSA) is 213 Å². The number of rotatable bonds is 5. The first kappa shape index (κ1) is 24.7. The minimum atomic E-state index is -5.17. The Bertz CT molecular complexity index is 1410. The van der Waals surface area contributed by atoms with Crippen LogP contribution in [0.1, 0.15) is 6.92 Å². The number of ether oxygens (including phenoxy) is 2. The third-order valence-electron chi connectivity index (χ3n) is 5.30. The summed E-state index contributed by atoms with van der Waals surface area (Å²) in [5.74, 6) is -2.09. The van der Waals surface area contributed by atoms with Gasteiger partial charge in [-0.2, -0.15) is 8.42 Å². The van der Waals surface area contributed by atoms with E-state index in [9.17, 15) is 38.7 Å². The second kappa shape index (κ2) is 8.99. The number of fused-ring (bicyclic) bond motifs is 1. The second-order valence-corrected chi connectivity index (χ2v) is 8.82. The first-order chi connectivity index (χ1) is 16.4. The molecular weight excluding hydrogens is 492 g/mol. The van der Waals surface area contributed by atoms with Crippen molar-refractivity contribution in [2.24, 2.45) is 0 Å². The summed E-state index contributed by atoms with van der Waals surface area (Å²) in [6, 6.07) is 7.19. The largest absolute Gasteiger partial charge is 0.508 e. The van der Waals surface area contributed by atoms with Gasteiger partial charge in [-0.05, 0) is 31.2 Å². The van der Waals surface area contributed by atoms with Crippen LogP contribution in [0.3, 0.4) is 0 Å². The minimum Gasteiger partial charge on any atom is -0.508 e. The molecule has 35 heavy (non-hydrogen) atoms. The molecule has 2 aromatic carbocycles. The molecule has 1 saturated heterocycles. The van der Waals surface area contributed by atoms with Gasteiger partial charge in [-0.1, -0.05) is 0 Å². The van der Waals surface area contributed by atoms with E-state index >= 15 is 0 Å². The van der Waals surface area contributed by atoms with Crippen molar-refractivity contribution < 1.29 is 56.6 Å². The number of aliphatic hydroxyl groups is 2.